The molecule has 0 bridgehead atoms. The molecule has 2 amide bonds. The van der Waals surface area contributed by atoms with Crippen LogP contribution in [0.4, 0.5) is 29.7 Å². The van der Waals surface area contributed by atoms with E-state index in [1.165, 1.54) is 9.80 Å². The number of nitrogens with zero attached hydrogens (tertiary/aromatic N) is 3. The molecule has 2 aliphatic heterocycles. The summed E-state index contributed by atoms with van der Waals surface area (Å²) >= 11 is 0. The Kier molecular flexibility index (Phi) is 4.62. The molecule has 0 unspecified atom stereocenters. The first kappa shape index (κ1) is 17.2. The van der Waals surface area contributed by atoms with Crippen molar-refractivity contribution in [3.63, 3.8) is 0 Å². The van der Waals surface area contributed by atoms with Gasteiger partial charge in [0, 0.05) is 44.9 Å². The van der Waals surface area contributed by atoms with Crippen LogP contribution in [0, 0.1) is 11.6 Å². The molecule has 1 atom stereocenters. The predicted octanol–water partition coefficient (Wildman–Crippen LogP) is 1.05. The first-order valence-electron chi connectivity index (χ1n) is 7.80. The maximum Gasteiger partial charge on any atom is 0.414 e. The van der Waals surface area contributed by atoms with Crippen LogP contribution >= 0.6 is 0 Å². The Hall–Kier alpha value is -2.62. The van der Waals surface area contributed by atoms with Crippen LogP contribution in [0.3, 0.4) is 0 Å². The standard InChI is InChI=1S/C15H18F2N4O4/c16-11-5-9(21-8-10(7-18)25-15(21)24)6-12(17)13(11)19-1-3-20(4-2-19)14(22)23/h5-6,10H,1-4,7-8,18H2,(H,22,23)/t10-/m0/s1. The zero-order valence-electron chi connectivity index (χ0n) is 13.3. The second-order valence-corrected chi connectivity index (χ2v) is 5.87. The molecule has 0 aliphatic carbocycles. The number of nitrogens with two attached hydrogens (primary N) is 1. The number of halogens is 2. The lowest BCUT2D eigenvalue weighted by Crippen LogP contribution is -2.48. The van der Waals surface area contributed by atoms with Crippen LogP contribution < -0.4 is 15.5 Å². The van der Waals surface area contributed by atoms with Gasteiger partial charge in [-0.2, -0.15) is 0 Å². The summed E-state index contributed by atoms with van der Waals surface area (Å²) in [6, 6.07) is 2.14. The van der Waals surface area contributed by atoms with E-state index in [4.69, 9.17) is 15.6 Å². The molecular weight excluding hydrogens is 338 g/mol. The lowest BCUT2D eigenvalue weighted by molar-refractivity contribution is 0.142. The Morgan fingerprint density at radius 3 is 2.32 bits per heavy atom. The summed E-state index contributed by atoms with van der Waals surface area (Å²) in [5.41, 5.74) is 5.28. The molecule has 0 spiro atoms. The number of piperazine rings is 1. The van der Waals surface area contributed by atoms with Crippen LogP contribution in [0.2, 0.25) is 0 Å². The van der Waals surface area contributed by atoms with Crippen molar-refractivity contribution in [1.82, 2.24) is 4.90 Å². The summed E-state index contributed by atoms with van der Waals surface area (Å²) in [6.45, 7) is 0.935. The Labute approximate surface area is 142 Å². The minimum absolute atomic E-state index is 0.0591. The number of carbonyl (C=O) groups excluding carboxylic acids is 1. The Morgan fingerprint density at radius 1 is 1.24 bits per heavy atom. The van der Waals surface area contributed by atoms with Crippen LogP contribution in [0.1, 0.15) is 0 Å². The van der Waals surface area contributed by atoms with Crippen molar-refractivity contribution in [2.75, 3.05) is 49.1 Å². The quantitative estimate of drug-likeness (QED) is 0.840. The van der Waals surface area contributed by atoms with E-state index in [1.54, 1.807) is 0 Å². The molecule has 0 aromatic heterocycles. The molecule has 25 heavy (non-hydrogen) atoms. The fourth-order valence-corrected chi connectivity index (χ4v) is 2.99. The SMILES string of the molecule is NC[C@H]1CN(c2cc(F)c(N3CCN(C(=O)O)CC3)c(F)c2)C(=O)O1. The maximum absolute atomic E-state index is 14.5. The fraction of sp³-hybridized carbons (Fsp3) is 0.467. The fourth-order valence-electron chi connectivity index (χ4n) is 2.99. The molecule has 8 nitrogen and oxygen atoms in total. The molecule has 3 N–H and O–H groups in total. The van der Waals surface area contributed by atoms with E-state index in [0.717, 1.165) is 17.0 Å². The van der Waals surface area contributed by atoms with Gasteiger partial charge in [0.1, 0.15) is 11.8 Å². The van der Waals surface area contributed by atoms with Gasteiger partial charge in [-0.05, 0) is 0 Å². The van der Waals surface area contributed by atoms with Crippen LogP contribution in [0.15, 0.2) is 12.1 Å². The van der Waals surface area contributed by atoms with E-state index in [9.17, 15) is 18.4 Å². The molecule has 0 radical (unpaired) electrons. The number of rotatable bonds is 3. The second-order valence-electron chi connectivity index (χ2n) is 5.87. The Bertz CT molecular complexity index is 671. The van der Waals surface area contributed by atoms with Crippen molar-refractivity contribution in [2.24, 2.45) is 5.73 Å². The summed E-state index contributed by atoms with van der Waals surface area (Å²) in [7, 11) is 0. The van der Waals surface area contributed by atoms with Crippen molar-refractivity contribution >= 4 is 23.6 Å². The number of anilines is 2. The Morgan fingerprint density at radius 2 is 1.84 bits per heavy atom. The third-order valence-electron chi connectivity index (χ3n) is 4.32. The Balaban J connectivity index is 1.80. The van der Waals surface area contributed by atoms with Gasteiger partial charge in [-0.25, -0.2) is 18.4 Å². The van der Waals surface area contributed by atoms with E-state index >= 15 is 0 Å². The average Bonchev–Trinajstić information content (AvgIpc) is 2.95. The zero-order valence-corrected chi connectivity index (χ0v) is 13.3. The number of cyclic esters (lactones) is 1. The number of benzene rings is 1. The average molecular weight is 356 g/mol. The summed E-state index contributed by atoms with van der Waals surface area (Å²) in [6.07, 6.45) is -2.27. The molecule has 1 aromatic rings. The highest BCUT2D eigenvalue weighted by Gasteiger charge is 2.33. The normalized spacial score (nSPS) is 20.8. The minimum Gasteiger partial charge on any atom is -0.465 e. The van der Waals surface area contributed by atoms with Crippen molar-refractivity contribution < 1.29 is 28.2 Å². The molecule has 0 saturated carbocycles. The van der Waals surface area contributed by atoms with Gasteiger partial charge < -0.3 is 25.4 Å². The highest BCUT2D eigenvalue weighted by Crippen LogP contribution is 2.31. The van der Waals surface area contributed by atoms with Crippen molar-refractivity contribution in [3.8, 4) is 0 Å². The maximum atomic E-state index is 14.5. The van der Waals surface area contributed by atoms with Crippen molar-refractivity contribution in [1.29, 1.82) is 0 Å². The molecule has 2 saturated heterocycles. The molecule has 2 heterocycles. The van der Waals surface area contributed by atoms with E-state index in [0.29, 0.717) is 0 Å². The lowest BCUT2D eigenvalue weighted by atomic mass is 10.2. The largest absolute Gasteiger partial charge is 0.465 e. The highest BCUT2D eigenvalue weighted by atomic mass is 19.1. The molecule has 3 rings (SSSR count). The number of hydrogen-bond acceptors (Lipinski definition) is 5. The van der Waals surface area contributed by atoms with Crippen LogP contribution in [0.5, 0.6) is 0 Å². The smallest absolute Gasteiger partial charge is 0.414 e. The van der Waals surface area contributed by atoms with E-state index in [1.807, 2.05) is 0 Å². The number of carboxylic acid groups (broad SMARTS) is 1. The lowest BCUT2D eigenvalue weighted by Gasteiger charge is -2.35. The summed E-state index contributed by atoms with van der Waals surface area (Å²) in [5.74, 6) is -1.63. The number of hydrogen-bond donors (Lipinski definition) is 2. The molecule has 2 aliphatic rings. The van der Waals surface area contributed by atoms with E-state index in [-0.39, 0.29) is 50.6 Å². The number of amides is 2. The molecular formula is C15H18F2N4O4. The van der Waals surface area contributed by atoms with Crippen LogP contribution in [-0.4, -0.2) is 67.6 Å². The third-order valence-corrected chi connectivity index (χ3v) is 4.32. The van der Waals surface area contributed by atoms with Gasteiger partial charge in [0.25, 0.3) is 0 Å². The summed E-state index contributed by atoms with van der Waals surface area (Å²) in [5, 5.41) is 8.93. The zero-order chi connectivity index (χ0) is 18.1. The molecule has 1 aromatic carbocycles. The van der Waals surface area contributed by atoms with E-state index in [2.05, 4.69) is 0 Å². The summed E-state index contributed by atoms with van der Waals surface area (Å²) < 4.78 is 34.0. The first-order chi connectivity index (χ1) is 11.9. The molecule has 136 valence electrons. The van der Waals surface area contributed by atoms with Gasteiger partial charge in [0.15, 0.2) is 11.6 Å². The van der Waals surface area contributed by atoms with Crippen LogP contribution in [-0.2, 0) is 4.74 Å². The minimum atomic E-state index is -1.06. The molecule has 2 fully saturated rings. The van der Waals surface area contributed by atoms with Crippen molar-refractivity contribution in [3.05, 3.63) is 23.8 Å². The van der Waals surface area contributed by atoms with Crippen LogP contribution in [0.25, 0.3) is 0 Å². The predicted molar refractivity (Wildman–Crippen MR) is 84.8 cm³/mol. The van der Waals surface area contributed by atoms with Gasteiger partial charge in [0.05, 0.1) is 12.2 Å². The van der Waals surface area contributed by atoms with Gasteiger partial charge in [-0.1, -0.05) is 0 Å². The van der Waals surface area contributed by atoms with Gasteiger partial charge >= 0.3 is 12.2 Å². The first-order valence-corrected chi connectivity index (χ1v) is 7.80. The number of carbonyl (C=O) groups is 2. The van der Waals surface area contributed by atoms with Gasteiger partial charge in [-0.15, -0.1) is 0 Å². The van der Waals surface area contributed by atoms with Gasteiger partial charge in [-0.3, -0.25) is 4.90 Å². The number of ether oxygens (including phenoxy) is 1. The van der Waals surface area contributed by atoms with Gasteiger partial charge in [0.2, 0.25) is 0 Å². The van der Waals surface area contributed by atoms with E-state index < -0.39 is 29.9 Å². The third kappa shape index (κ3) is 3.29. The highest BCUT2D eigenvalue weighted by molar-refractivity contribution is 5.90. The molecule has 10 heteroatoms. The topological polar surface area (TPSA) is 99.3 Å². The second kappa shape index (κ2) is 6.71. The van der Waals surface area contributed by atoms with Crippen molar-refractivity contribution in [2.45, 2.75) is 6.10 Å². The monoisotopic (exact) mass is 356 g/mol. The summed E-state index contributed by atoms with van der Waals surface area (Å²) in [4.78, 5) is 26.5.